The van der Waals surface area contributed by atoms with Crippen LogP contribution >= 0.6 is 0 Å². The van der Waals surface area contributed by atoms with Gasteiger partial charge in [-0.2, -0.15) is 0 Å². The normalized spacial score (nSPS) is 27.2. The Morgan fingerprint density at radius 1 is 0.820 bits per heavy atom. The van der Waals surface area contributed by atoms with Gasteiger partial charge in [0.05, 0.1) is 22.9 Å². The summed E-state index contributed by atoms with van der Waals surface area (Å²) in [7, 11) is 0. The lowest BCUT2D eigenvalue weighted by Crippen LogP contribution is -2.58. The highest BCUT2D eigenvalue weighted by atomic mass is 19.1. The molecule has 1 saturated heterocycles. The van der Waals surface area contributed by atoms with E-state index in [4.69, 9.17) is 0 Å². The van der Waals surface area contributed by atoms with Gasteiger partial charge in [-0.05, 0) is 73.2 Å². The Balaban J connectivity index is 1.34. The Hall–Kier alpha value is -5.76. The summed E-state index contributed by atoms with van der Waals surface area (Å²) < 4.78 is 15.3. The molecule has 4 aliphatic rings. The summed E-state index contributed by atoms with van der Waals surface area (Å²) in [6, 6.07) is 28.3. The van der Waals surface area contributed by atoms with Crippen molar-refractivity contribution in [1.82, 2.24) is 0 Å². The van der Waals surface area contributed by atoms with E-state index >= 15 is 9.18 Å². The number of carbonyl (C=O) groups excluding carboxylic acids is 5. The van der Waals surface area contributed by atoms with Gasteiger partial charge in [0.1, 0.15) is 0 Å². The van der Waals surface area contributed by atoms with E-state index in [1.54, 1.807) is 84.9 Å². The minimum absolute atomic E-state index is 0.0827. The van der Waals surface area contributed by atoms with Crippen LogP contribution in [-0.2, 0) is 24.6 Å². The summed E-state index contributed by atoms with van der Waals surface area (Å²) in [4.78, 5) is 71.5. The number of ketones is 3. The van der Waals surface area contributed by atoms with Gasteiger partial charge in [0.25, 0.3) is 0 Å². The van der Waals surface area contributed by atoms with Gasteiger partial charge in [-0.25, -0.2) is 4.39 Å². The zero-order valence-electron chi connectivity index (χ0n) is 27.1. The molecule has 6 atom stereocenters. The maximum atomic E-state index is 15.3. The van der Waals surface area contributed by atoms with Crippen LogP contribution in [-0.4, -0.2) is 34.3 Å². The first-order chi connectivity index (χ1) is 24.1. The van der Waals surface area contributed by atoms with Gasteiger partial charge in [0.15, 0.2) is 28.9 Å². The summed E-state index contributed by atoms with van der Waals surface area (Å²) in [6.45, 7) is 1.43. The van der Waals surface area contributed by atoms with Crippen molar-refractivity contribution in [2.24, 2.45) is 23.7 Å². The van der Waals surface area contributed by atoms with Gasteiger partial charge in [-0.3, -0.25) is 28.9 Å². The van der Waals surface area contributed by atoms with E-state index in [0.717, 1.165) is 11.0 Å². The number of amides is 2. The van der Waals surface area contributed by atoms with E-state index in [0.29, 0.717) is 28.0 Å². The number of hydrogen-bond donors (Lipinski definition) is 1. The largest absolute Gasteiger partial charge is 0.505 e. The lowest BCUT2D eigenvalue weighted by Gasteiger charge is -2.55. The molecule has 1 saturated carbocycles. The smallest absolute Gasteiger partial charge is 0.238 e. The van der Waals surface area contributed by atoms with Crippen LogP contribution in [0.5, 0.6) is 5.75 Å². The molecule has 1 aliphatic heterocycles. The fraction of sp³-hybridized carbons (Fsp3) is 0.214. The van der Waals surface area contributed by atoms with Crippen LogP contribution in [0.3, 0.4) is 0 Å². The monoisotopic (exact) mass is 665 g/mol. The molecule has 4 aromatic rings. The van der Waals surface area contributed by atoms with Gasteiger partial charge in [0, 0.05) is 28.5 Å². The lowest BCUT2D eigenvalue weighted by molar-refractivity contribution is -0.135. The molecule has 8 heteroatoms. The molecular weight excluding hydrogens is 633 g/mol. The number of para-hydroxylation sites is 1. The van der Waals surface area contributed by atoms with E-state index < -0.39 is 52.5 Å². The molecular formula is C42H32FNO6. The second kappa shape index (κ2) is 11.7. The van der Waals surface area contributed by atoms with Crippen LogP contribution in [0.25, 0.3) is 5.57 Å². The molecule has 1 N–H and O–H groups in total. The zero-order valence-corrected chi connectivity index (χ0v) is 27.1. The molecule has 248 valence electrons. The first-order valence-corrected chi connectivity index (χ1v) is 16.7. The number of anilines is 1. The summed E-state index contributed by atoms with van der Waals surface area (Å²) in [5.41, 5.74) is 1.34. The molecule has 1 heterocycles. The number of hydrogen-bond acceptors (Lipinski definition) is 6. The Morgan fingerprint density at radius 2 is 1.50 bits per heavy atom. The molecule has 8 rings (SSSR count). The van der Waals surface area contributed by atoms with Gasteiger partial charge < -0.3 is 5.11 Å². The SMILES string of the molecule is CC(=O)c1ccc(N2C(=O)[C@H]3[C@H](CC=C4[C@H]3C[C@H]3C(=O)C(c5ccccc5)=CC(=O)[C@@]3(c3ccccc3)[C@H]4c3cccc(F)c3O)C2=O)cc1. The third kappa shape index (κ3) is 4.44. The second-order valence-electron chi connectivity index (χ2n) is 13.6. The third-order valence-electron chi connectivity index (χ3n) is 11.2. The quantitative estimate of drug-likeness (QED) is 0.143. The van der Waals surface area contributed by atoms with Crippen molar-refractivity contribution >= 4 is 40.4 Å². The van der Waals surface area contributed by atoms with Crippen LogP contribution < -0.4 is 4.90 Å². The summed E-state index contributed by atoms with van der Waals surface area (Å²) in [6.07, 6.45) is 3.51. The number of Topliss-reactive ketones (excluding diaryl/α,β-unsaturated/α-hetero) is 2. The van der Waals surface area contributed by atoms with Gasteiger partial charge in [-0.15, -0.1) is 0 Å². The van der Waals surface area contributed by atoms with Crippen LogP contribution in [0.1, 0.15) is 52.7 Å². The lowest BCUT2D eigenvalue weighted by atomic mass is 9.44. The molecule has 4 aromatic carbocycles. The average molecular weight is 666 g/mol. The number of allylic oxidation sites excluding steroid dienone is 4. The predicted molar refractivity (Wildman–Crippen MR) is 184 cm³/mol. The standard InChI is InChI=1S/C42H32FNO6/c1-23(45)24-15-17-27(18-16-24)44-40(49)29-20-19-28-32(36(29)41(44)50)21-33-38(47)31(25-9-4-2-5-10-25)22-35(46)42(33,26-11-6-3-7-12-26)37(28)30-13-8-14-34(43)39(30)48/h2-19,22,29,32-33,36-37,48H,20-21H2,1H3/t29-,32+,33-,36-,37+,42-/m0/s1. The van der Waals surface area contributed by atoms with Crippen molar-refractivity contribution in [3.05, 3.63) is 149 Å². The summed E-state index contributed by atoms with van der Waals surface area (Å²) in [5, 5.41) is 11.3. The van der Waals surface area contributed by atoms with Crippen LogP contribution in [0.15, 0.2) is 121 Å². The maximum Gasteiger partial charge on any atom is 0.238 e. The minimum Gasteiger partial charge on any atom is -0.505 e. The van der Waals surface area contributed by atoms with Gasteiger partial charge >= 0.3 is 0 Å². The van der Waals surface area contributed by atoms with Crippen molar-refractivity contribution in [1.29, 1.82) is 0 Å². The van der Waals surface area contributed by atoms with Gasteiger partial charge in [-0.1, -0.05) is 84.4 Å². The van der Waals surface area contributed by atoms with Crippen LogP contribution in [0.2, 0.25) is 0 Å². The third-order valence-corrected chi connectivity index (χ3v) is 11.2. The fourth-order valence-corrected chi connectivity index (χ4v) is 9.08. The van der Waals surface area contributed by atoms with Crippen molar-refractivity contribution in [2.75, 3.05) is 4.90 Å². The number of imide groups is 1. The average Bonchev–Trinajstić information content (AvgIpc) is 3.39. The Morgan fingerprint density at radius 3 is 2.18 bits per heavy atom. The molecule has 0 radical (unpaired) electrons. The number of aromatic hydroxyl groups is 1. The second-order valence-corrected chi connectivity index (χ2v) is 13.6. The summed E-state index contributed by atoms with van der Waals surface area (Å²) in [5.74, 6) is -7.43. The Labute approximate surface area is 287 Å². The van der Waals surface area contributed by atoms with E-state index in [1.807, 2.05) is 12.1 Å². The van der Waals surface area contributed by atoms with Crippen LogP contribution in [0, 0.1) is 29.5 Å². The maximum absolute atomic E-state index is 15.3. The van der Waals surface area contributed by atoms with E-state index in [1.165, 1.54) is 19.1 Å². The first-order valence-electron chi connectivity index (χ1n) is 16.7. The molecule has 2 amide bonds. The van der Waals surface area contributed by atoms with Gasteiger partial charge in [0.2, 0.25) is 11.8 Å². The highest BCUT2D eigenvalue weighted by Crippen LogP contribution is 2.64. The minimum atomic E-state index is -1.58. The predicted octanol–water partition coefficient (Wildman–Crippen LogP) is 6.76. The number of rotatable bonds is 5. The molecule has 50 heavy (non-hydrogen) atoms. The number of nitrogens with zero attached hydrogens (tertiary/aromatic N) is 1. The van der Waals surface area contributed by atoms with E-state index in [9.17, 15) is 24.3 Å². The molecule has 0 bridgehead atoms. The molecule has 2 fully saturated rings. The van der Waals surface area contributed by atoms with Crippen molar-refractivity contribution in [3.63, 3.8) is 0 Å². The van der Waals surface area contributed by atoms with Crippen molar-refractivity contribution < 1.29 is 33.5 Å². The van der Waals surface area contributed by atoms with E-state index in [-0.39, 0.29) is 47.2 Å². The molecule has 0 aromatic heterocycles. The number of fused-ring (bicyclic) bond motifs is 4. The number of benzene rings is 4. The Bertz CT molecular complexity index is 2170. The number of phenols is 1. The highest BCUT2D eigenvalue weighted by molar-refractivity contribution is 6.32. The van der Waals surface area contributed by atoms with Crippen LogP contribution in [0.4, 0.5) is 10.1 Å². The van der Waals surface area contributed by atoms with Crippen molar-refractivity contribution in [2.45, 2.75) is 31.1 Å². The highest BCUT2D eigenvalue weighted by Gasteiger charge is 2.66. The zero-order chi connectivity index (χ0) is 34.9. The fourth-order valence-electron chi connectivity index (χ4n) is 9.08. The molecule has 7 nitrogen and oxygen atoms in total. The first kappa shape index (κ1) is 31.5. The Kier molecular flexibility index (Phi) is 7.37. The van der Waals surface area contributed by atoms with Crippen molar-refractivity contribution in [3.8, 4) is 5.75 Å². The number of halogens is 1. The van der Waals surface area contributed by atoms with E-state index in [2.05, 4.69) is 0 Å². The molecule has 0 unspecified atom stereocenters. The number of phenolic OH excluding ortho intramolecular Hbond substituents is 1. The molecule has 0 spiro atoms. The topological polar surface area (TPSA) is 109 Å². The molecule has 3 aliphatic carbocycles. The summed E-state index contributed by atoms with van der Waals surface area (Å²) >= 11 is 0. The number of carbonyl (C=O) groups is 5.